The van der Waals surface area contributed by atoms with Crippen LogP contribution in [0, 0.1) is 0 Å². The van der Waals surface area contributed by atoms with Crippen molar-refractivity contribution in [1.29, 1.82) is 0 Å². The van der Waals surface area contributed by atoms with Crippen LogP contribution in [-0.2, 0) is 5.41 Å². The first-order valence-electron chi connectivity index (χ1n) is 17.9. The molecule has 2 aromatic heterocycles. The van der Waals surface area contributed by atoms with Crippen LogP contribution < -0.4 is 4.74 Å². The molecule has 10 aromatic rings. The highest BCUT2D eigenvalue weighted by Gasteiger charge is 2.50. The molecule has 4 heterocycles. The van der Waals surface area contributed by atoms with Gasteiger partial charge in [-0.2, -0.15) is 0 Å². The topological polar surface area (TPSA) is 19.1 Å². The molecule has 0 bridgehead atoms. The Morgan fingerprint density at radius 3 is 1.65 bits per heavy atom. The van der Waals surface area contributed by atoms with E-state index in [1.54, 1.807) is 0 Å². The number of nitrogens with zero attached hydrogens (tertiary/aromatic N) is 2. The molecule has 0 saturated carbocycles. The Morgan fingerprint density at radius 1 is 0.365 bits per heavy atom. The summed E-state index contributed by atoms with van der Waals surface area (Å²) in [5.74, 6) is 1.79. The summed E-state index contributed by atoms with van der Waals surface area (Å²) in [7, 11) is 0. The first-order valence-corrected chi connectivity index (χ1v) is 17.9. The summed E-state index contributed by atoms with van der Waals surface area (Å²) in [6, 6.07) is 66.4. The largest absolute Gasteiger partial charge is 0.457 e. The summed E-state index contributed by atoms with van der Waals surface area (Å²) >= 11 is 0. The second-order valence-electron chi connectivity index (χ2n) is 14.0. The van der Waals surface area contributed by atoms with Gasteiger partial charge >= 0.3 is 0 Å². The lowest BCUT2D eigenvalue weighted by atomic mass is 9.61. The fourth-order valence-corrected chi connectivity index (χ4v) is 9.51. The standard InChI is InChI=1S/C49H30N2O/c1-6-19-42-34(12-1)35-13-2-7-20-43(35)50(42)33-27-24-31(25-28-33)32-26-29-47-41(30-32)49(39-17-5-10-23-46(39)52-47)38-16-4-9-22-45(38)51-44-21-8-3-14-36(44)37-15-11-18-40(49)48(37)51/h1-30H. The molecule has 3 nitrogen and oxygen atoms in total. The lowest BCUT2D eigenvalue weighted by Crippen LogP contribution is -2.37. The molecule has 8 aromatic carbocycles. The van der Waals surface area contributed by atoms with E-state index in [-0.39, 0.29) is 0 Å². The monoisotopic (exact) mass is 662 g/mol. The number of fused-ring (bicyclic) bond motifs is 14. The van der Waals surface area contributed by atoms with E-state index in [0.717, 1.165) is 39.4 Å². The zero-order valence-corrected chi connectivity index (χ0v) is 28.1. The smallest absolute Gasteiger partial charge is 0.132 e. The van der Waals surface area contributed by atoms with Gasteiger partial charge in [0, 0.05) is 38.4 Å². The minimum Gasteiger partial charge on any atom is -0.457 e. The molecule has 242 valence electrons. The molecule has 1 spiro atoms. The summed E-state index contributed by atoms with van der Waals surface area (Å²) in [5, 5.41) is 5.07. The third-order valence-corrected chi connectivity index (χ3v) is 11.6. The van der Waals surface area contributed by atoms with E-state index in [1.807, 2.05) is 0 Å². The number of para-hydroxylation sites is 6. The van der Waals surface area contributed by atoms with Gasteiger partial charge in [0.15, 0.2) is 0 Å². The number of benzene rings is 8. The predicted octanol–water partition coefficient (Wildman–Crippen LogP) is 12.3. The van der Waals surface area contributed by atoms with E-state index in [2.05, 4.69) is 191 Å². The van der Waals surface area contributed by atoms with Gasteiger partial charge in [0.2, 0.25) is 0 Å². The van der Waals surface area contributed by atoms with Crippen LogP contribution in [0.1, 0.15) is 22.3 Å². The highest BCUT2D eigenvalue weighted by molar-refractivity contribution is 6.12. The first kappa shape index (κ1) is 27.9. The van der Waals surface area contributed by atoms with Crippen molar-refractivity contribution in [2.24, 2.45) is 0 Å². The number of ether oxygens (including phenoxy) is 1. The quantitative estimate of drug-likeness (QED) is 0.180. The van der Waals surface area contributed by atoms with Crippen molar-refractivity contribution >= 4 is 43.6 Å². The van der Waals surface area contributed by atoms with Crippen LogP contribution in [-0.4, -0.2) is 9.13 Å². The number of hydrogen-bond acceptors (Lipinski definition) is 1. The zero-order chi connectivity index (χ0) is 34.0. The van der Waals surface area contributed by atoms with E-state index < -0.39 is 5.41 Å². The molecule has 0 amide bonds. The molecular formula is C49H30N2O. The molecule has 0 fully saturated rings. The van der Waals surface area contributed by atoms with Crippen LogP contribution in [0.2, 0.25) is 0 Å². The van der Waals surface area contributed by atoms with E-state index in [9.17, 15) is 0 Å². The Kier molecular flexibility index (Phi) is 5.43. The summed E-state index contributed by atoms with van der Waals surface area (Å²) in [5.41, 5.74) is 13.8. The first-order chi connectivity index (χ1) is 25.8. The maximum Gasteiger partial charge on any atom is 0.132 e. The summed E-state index contributed by atoms with van der Waals surface area (Å²) < 4.78 is 11.6. The molecule has 1 unspecified atom stereocenters. The van der Waals surface area contributed by atoms with Crippen molar-refractivity contribution in [3.05, 3.63) is 204 Å². The van der Waals surface area contributed by atoms with Crippen LogP contribution in [0.15, 0.2) is 182 Å². The van der Waals surface area contributed by atoms with Crippen molar-refractivity contribution in [1.82, 2.24) is 9.13 Å². The van der Waals surface area contributed by atoms with E-state index >= 15 is 0 Å². The Morgan fingerprint density at radius 2 is 0.904 bits per heavy atom. The highest BCUT2D eigenvalue weighted by atomic mass is 16.5. The van der Waals surface area contributed by atoms with Gasteiger partial charge in [0.25, 0.3) is 0 Å². The Hall–Kier alpha value is -6.84. The molecule has 52 heavy (non-hydrogen) atoms. The maximum atomic E-state index is 6.79. The summed E-state index contributed by atoms with van der Waals surface area (Å²) in [6.45, 7) is 0. The van der Waals surface area contributed by atoms with Gasteiger partial charge in [-0.3, -0.25) is 0 Å². The normalized spacial score (nSPS) is 15.5. The fraction of sp³-hybridized carbons (Fsp3) is 0.0204. The van der Waals surface area contributed by atoms with Gasteiger partial charge in [0.1, 0.15) is 11.5 Å². The SMILES string of the molecule is c1ccc2c(c1)Oc1ccc(-c3ccc(-n4c5ccccc5c5ccccc54)cc3)cc1C21c2ccccc2-n2c3ccccc3c3cccc1c32. The van der Waals surface area contributed by atoms with Gasteiger partial charge < -0.3 is 13.9 Å². The second kappa shape index (κ2) is 10.1. The lowest BCUT2D eigenvalue weighted by Gasteiger charge is -2.45. The van der Waals surface area contributed by atoms with Crippen LogP contribution in [0.25, 0.3) is 66.1 Å². The lowest BCUT2D eigenvalue weighted by molar-refractivity contribution is 0.434. The van der Waals surface area contributed by atoms with Crippen LogP contribution >= 0.6 is 0 Å². The van der Waals surface area contributed by atoms with E-state index in [1.165, 1.54) is 60.4 Å². The molecular weight excluding hydrogens is 633 g/mol. The average molecular weight is 663 g/mol. The van der Waals surface area contributed by atoms with Gasteiger partial charge in [-0.25, -0.2) is 0 Å². The van der Waals surface area contributed by atoms with E-state index in [4.69, 9.17) is 4.74 Å². The van der Waals surface area contributed by atoms with Crippen molar-refractivity contribution in [2.75, 3.05) is 0 Å². The Balaban J connectivity index is 1.11. The molecule has 0 saturated heterocycles. The molecule has 1 atom stereocenters. The minimum absolute atomic E-state index is 0.594. The molecule has 0 N–H and O–H groups in total. The fourth-order valence-electron chi connectivity index (χ4n) is 9.51. The summed E-state index contributed by atoms with van der Waals surface area (Å²) in [4.78, 5) is 0. The molecule has 2 aliphatic heterocycles. The van der Waals surface area contributed by atoms with Crippen LogP contribution in [0.5, 0.6) is 11.5 Å². The van der Waals surface area contributed by atoms with Crippen molar-refractivity contribution in [2.45, 2.75) is 5.41 Å². The average Bonchev–Trinajstić information content (AvgIpc) is 3.73. The third-order valence-electron chi connectivity index (χ3n) is 11.6. The third kappa shape index (κ3) is 3.45. The van der Waals surface area contributed by atoms with Gasteiger partial charge in [-0.1, -0.05) is 127 Å². The molecule has 0 aliphatic carbocycles. The van der Waals surface area contributed by atoms with Gasteiger partial charge in [-0.05, 0) is 76.9 Å². The maximum absolute atomic E-state index is 6.79. The number of hydrogen-bond donors (Lipinski definition) is 0. The number of aromatic nitrogens is 2. The molecule has 0 radical (unpaired) electrons. The second-order valence-corrected chi connectivity index (χ2v) is 14.0. The van der Waals surface area contributed by atoms with Crippen molar-refractivity contribution < 1.29 is 4.74 Å². The minimum atomic E-state index is -0.594. The predicted molar refractivity (Wildman–Crippen MR) is 212 cm³/mol. The van der Waals surface area contributed by atoms with Crippen LogP contribution in [0.3, 0.4) is 0 Å². The van der Waals surface area contributed by atoms with Crippen molar-refractivity contribution in [3.63, 3.8) is 0 Å². The molecule has 3 heteroatoms. The Labute approximate surface area is 300 Å². The van der Waals surface area contributed by atoms with E-state index in [0.29, 0.717) is 0 Å². The molecule has 2 aliphatic rings. The van der Waals surface area contributed by atoms with Gasteiger partial charge in [0.05, 0.1) is 33.2 Å². The number of rotatable bonds is 2. The highest BCUT2D eigenvalue weighted by Crippen LogP contribution is 2.60. The zero-order valence-electron chi connectivity index (χ0n) is 28.1. The summed E-state index contributed by atoms with van der Waals surface area (Å²) in [6.07, 6.45) is 0. The van der Waals surface area contributed by atoms with Crippen molar-refractivity contribution in [3.8, 4) is 34.0 Å². The van der Waals surface area contributed by atoms with Gasteiger partial charge in [-0.15, -0.1) is 0 Å². The molecule has 12 rings (SSSR count). The van der Waals surface area contributed by atoms with Crippen LogP contribution in [0.4, 0.5) is 0 Å². The Bertz CT molecular complexity index is 3050.